The molecule has 0 radical (unpaired) electrons. The average molecular weight is 224 g/mol. The molecule has 0 fully saturated rings. The Labute approximate surface area is 96.9 Å². The van der Waals surface area contributed by atoms with Crippen LogP contribution in [0, 0.1) is 11.3 Å². The molecular formula is C12H20N2O2. The number of rotatable bonds is 6. The van der Waals surface area contributed by atoms with Crippen molar-refractivity contribution in [2.75, 3.05) is 0 Å². The van der Waals surface area contributed by atoms with E-state index in [4.69, 9.17) is 0 Å². The van der Waals surface area contributed by atoms with Gasteiger partial charge in [-0.25, -0.2) is 9.59 Å². The highest BCUT2D eigenvalue weighted by molar-refractivity contribution is 5.39. The fourth-order valence-corrected chi connectivity index (χ4v) is 1.75. The van der Waals surface area contributed by atoms with Gasteiger partial charge in [0.1, 0.15) is 0 Å². The minimum atomic E-state index is -1.08. The van der Waals surface area contributed by atoms with Crippen LogP contribution in [-0.2, 0) is 9.59 Å². The van der Waals surface area contributed by atoms with Crippen LogP contribution in [0.3, 0.4) is 0 Å². The van der Waals surface area contributed by atoms with E-state index in [0.717, 1.165) is 12.8 Å². The normalized spacial score (nSPS) is 16.6. The summed E-state index contributed by atoms with van der Waals surface area (Å²) in [7, 11) is 0. The highest BCUT2D eigenvalue weighted by Gasteiger charge is 2.45. The van der Waals surface area contributed by atoms with Crippen LogP contribution >= 0.6 is 0 Å². The van der Waals surface area contributed by atoms with E-state index in [1.54, 1.807) is 6.92 Å². The molecule has 16 heavy (non-hydrogen) atoms. The maximum Gasteiger partial charge on any atom is 0.237 e. The molecular weight excluding hydrogens is 204 g/mol. The van der Waals surface area contributed by atoms with E-state index in [1.807, 2.05) is 13.8 Å². The molecule has 0 aromatic carbocycles. The molecule has 0 N–H and O–H groups in total. The number of hydrogen-bond donors (Lipinski definition) is 0. The zero-order chi connectivity index (χ0) is 12.8. The molecule has 0 rings (SSSR count). The van der Waals surface area contributed by atoms with Gasteiger partial charge >= 0.3 is 0 Å². The van der Waals surface area contributed by atoms with Gasteiger partial charge in [0.25, 0.3) is 0 Å². The molecule has 4 nitrogen and oxygen atoms in total. The van der Waals surface area contributed by atoms with Crippen molar-refractivity contribution >= 4 is 12.2 Å². The minimum Gasteiger partial charge on any atom is -0.211 e. The third-order valence-electron chi connectivity index (χ3n) is 3.70. The van der Waals surface area contributed by atoms with Crippen molar-refractivity contribution in [3.8, 4) is 0 Å². The molecule has 90 valence electrons. The molecule has 0 aromatic heterocycles. The summed E-state index contributed by atoms with van der Waals surface area (Å²) in [5, 5.41) is 0. The van der Waals surface area contributed by atoms with E-state index in [1.165, 1.54) is 12.2 Å². The predicted molar refractivity (Wildman–Crippen MR) is 62.5 cm³/mol. The van der Waals surface area contributed by atoms with E-state index in [-0.39, 0.29) is 5.92 Å². The molecule has 0 saturated carbocycles. The van der Waals surface area contributed by atoms with Gasteiger partial charge in [-0.15, -0.1) is 0 Å². The Kier molecular flexibility index (Phi) is 5.29. The van der Waals surface area contributed by atoms with Gasteiger partial charge in [-0.05, 0) is 12.8 Å². The van der Waals surface area contributed by atoms with E-state index < -0.39 is 11.1 Å². The van der Waals surface area contributed by atoms with Crippen molar-refractivity contribution in [3.05, 3.63) is 0 Å². The SMILES string of the molecule is CCCC(C)C(C)(C)C(C)(N=C=O)N=C=O. The Morgan fingerprint density at radius 1 is 1.12 bits per heavy atom. The summed E-state index contributed by atoms with van der Waals surface area (Å²) >= 11 is 0. The quantitative estimate of drug-likeness (QED) is 0.514. The van der Waals surface area contributed by atoms with Crippen LogP contribution in [0.15, 0.2) is 9.98 Å². The van der Waals surface area contributed by atoms with Crippen LogP contribution in [0.25, 0.3) is 0 Å². The first-order chi connectivity index (χ1) is 7.35. The number of isocyanates is 2. The topological polar surface area (TPSA) is 58.9 Å². The molecule has 0 spiro atoms. The molecule has 0 amide bonds. The lowest BCUT2D eigenvalue weighted by Gasteiger charge is -2.40. The Bertz CT molecular complexity index is 306. The Balaban J connectivity index is 5.34. The molecule has 0 aliphatic carbocycles. The zero-order valence-corrected chi connectivity index (χ0v) is 10.7. The van der Waals surface area contributed by atoms with Crippen molar-refractivity contribution < 1.29 is 9.59 Å². The summed E-state index contributed by atoms with van der Waals surface area (Å²) in [6, 6.07) is 0. The fourth-order valence-electron chi connectivity index (χ4n) is 1.75. The third kappa shape index (κ3) is 2.88. The van der Waals surface area contributed by atoms with Crippen LogP contribution in [0.4, 0.5) is 0 Å². The smallest absolute Gasteiger partial charge is 0.211 e. The van der Waals surface area contributed by atoms with Crippen LogP contribution in [-0.4, -0.2) is 17.8 Å². The molecule has 0 aromatic rings. The van der Waals surface area contributed by atoms with Crippen molar-refractivity contribution in [1.29, 1.82) is 0 Å². The van der Waals surface area contributed by atoms with Gasteiger partial charge in [-0.1, -0.05) is 40.5 Å². The summed E-state index contributed by atoms with van der Waals surface area (Å²) in [6.07, 6.45) is 5.03. The fraction of sp³-hybridized carbons (Fsp3) is 0.833. The zero-order valence-electron chi connectivity index (χ0n) is 10.7. The summed E-state index contributed by atoms with van der Waals surface area (Å²) in [4.78, 5) is 28.3. The Morgan fingerprint density at radius 3 is 1.88 bits per heavy atom. The van der Waals surface area contributed by atoms with Crippen molar-refractivity contribution in [3.63, 3.8) is 0 Å². The predicted octanol–water partition coefficient (Wildman–Crippen LogP) is 2.84. The molecule has 1 atom stereocenters. The summed E-state index contributed by atoms with van der Waals surface area (Å²) in [5.41, 5.74) is -1.47. The lowest BCUT2D eigenvalue weighted by atomic mass is 9.69. The van der Waals surface area contributed by atoms with E-state index in [2.05, 4.69) is 23.8 Å². The van der Waals surface area contributed by atoms with Gasteiger partial charge in [-0.2, -0.15) is 9.98 Å². The number of aliphatic imine (C=N–C) groups is 2. The number of nitrogens with zero attached hydrogens (tertiary/aromatic N) is 2. The van der Waals surface area contributed by atoms with Crippen LogP contribution in [0.2, 0.25) is 0 Å². The molecule has 0 aliphatic heterocycles. The second-order valence-corrected chi connectivity index (χ2v) is 4.84. The molecule has 1 unspecified atom stereocenters. The van der Waals surface area contributed by atoms with Crippen molar-refractivity contribution in [2.45, 2.75) is 53.1 Å². The van der Waals surface area contributed by atoms with E-state index in [0.29, 0.717) is 0 Å². The van der Waals surface area contributed by atoms with Gasteiger partial charge in [0.05, 0.1) is 0 Å². The van der Waals surface area contributed by atoms with Crippen LogP contribution in [0.5, 0.6) is 0 Å². The van der Waals surface area contributed by atoms with Gasteiger partial charge < -0.3 is 0 Å². The van der Waals surface area contributed by atoms with Crippen molar-refractivity contribution in [1.82, 2.24) is 0 Å². The maximum absolute atomic E-state index is 10.4. The lowest BCUT2D eigenvalue weighted by Crippen LogP contribution is -2.43. The van der Waals surface area contributed by atoms with Crippen molar-refractivity contribution in [2.24, 2.45) is 21.3 Å². The summed E-state index contributed by atoms with van der Waals surface area (Å²) in [6.45, 7) is 9.73. The maximum atomic E-state index is 10.4. The Morgan fingerprint density at radius 2 is 1.56 bits per heavy atom. The van der Waals surface area contributed by atoms with E-state index >= 15 is 0 Å². The summed E-state index contributed by atoms with van der Waals surface area (Å²) in [5.74, 6) is 0.289. The standard InChI is InChI=1S/C12H20N2O2/c1-6-7-10(2)11(3,4)12(5,13-8-15)14-9-16/h10H,6-7H2,1-5H3. The highest BCUT2D eigenvalue weighted by Crippen LogP contribution is 2.43. The monoisotopic (exact) mass is 224 g/mol. The molecule has 0 aliphatic rings. The average Bonchev–Trinajstić information content (AvgIpc) is 2.18. The molecule has 0 heterocycles. The second-order valence-electron chi connectivity index (χ2n) is 4.84. The van der Waals surface area contributed by atoms with Gasteiger partial charge in [0.2, 0.25) is 12.2 Å². The van der Waals surface area contributed by atoms with Crippen LogP contribution in [0.1, 0.15) is 47.5 Å². The van der Waals surface area contributed by atoms with E-state index in [9.17, 15) is 9.59 Å². The molecule has 0 bridgehead atoms. The molecule has 0 saturated heterocycles. The first-order valence-corrected chi connectivity index (χ1v) is 5.53. The molecule has 4 heteroatoms. The van der Waals surface area contributed by atoms with Gasteiger partial charge in [-0.3, -0.25) is 0 Å². The second kappa shape index (κ2) is 5.74. The first kappa shape index (κ1) is 14.8. The lowest BCUT2D eigenvalue weighted by molar-refractivity contribution is 0.107. The van der Waals surface area contributed by atoms with Crippen LogP contribution < -0.4 is 0 Å². The number of hydrogen-bond acceptors (Lipinski definition) is 4. The third-order valence-corrected chi connectivity index (χ3v) is 3.70. The summed E-state index contributed by atoms with van der Waals surface area (Å²) < 4.78 is 0. The first-order valence-electron chi connectivity index (χ1n) is 5.53. The van der Waals surface area contributed by atoms with Gasteiger partial charge in [0, 0.05) is 5.41 Å². The highest BCUT2D eigenvalue weighted by atomic mass is 16.1. The Hall–Kier alpha value is -1.24. The minimum absolute atomic E-state index is 0.289. The van der Waals surface area contributed by atoms with Gasteiger partial charge in [0.15, 0.2) is 5.66 Å². The largest absolute Gasteiger partial charge is 0.237 e. The number of carbonyl (C=O) groups excluding carboxylic acids is 2.